The van der Waals surface area contributed by atoms with Crippen LogP contribution in [0.5, 0.6) is 5.75 Å². The maximum Gasteiger partial charge on any atom is 0.573 e. The topological polar surface area (TPSA) is 42.4 Å². The molecule has 1 aliphatic rings. The highest BCUT2D eigenvalue weighted by Crippen LogP contribution is 2.43. The van der Waals surface area contributed by atoms with Crippen molar-refractivity contribution in [3.8, 4) is 5.75 Å². The summed E-state index contributed by atoms with van der Waals surface area (Å²) in [4.78, 5) is 18.3. The van der Waals surface area contributed by atoms with Gasteiger partial charge in [-0.15, -0.1) is 24.9 Å². The number of anilines is 1. The lowest BCUT2D eigenvalue weighted by Gasteiger charge is -2.25. The number of hydrogen-bond donors (Lipinski definition) is 0. The first kappa shape index (κ1) is 17.7. The van der Waals surface area contributed by atoms with E-state index in [0.717, 1.165) is 10.9 Å². The van der Waals surface area contributed by atoms with E-state index < -0.39 is 11.7 Å². The SMILES string of the molecule is O=C1CSC(c2cccc(OC(F)(F)F)c2)N1c1ccc2ncccc2c1. The van der Waals surface area contributed by atoms with Crippen LogP contribution in [0.2, 0.25) is 0 Å². The Bertz CT molecular complexity index is 1010. The van der Waals surface area contributed by atoms with Crippen molar-refractivity contribution in [3.63, 3.8) is 0 Å². The Morgan fingerprint density at radius 3 is 2.78 bits per heavy atom. The fraction of sp³-hybridized carbons (Fsp3) is 0.158. The Hall–Kier alpha value is -2.74. The Balaban J connectivity index is 1.70. The van der Waals surface area contributed by atoms with Gasteiger partial charge >= 0.3 is 6.36 Å². The molecule has 0 bridgehead atoms. The fourth-order valence-electron chi connectivity index (χ4n) is 3.03. The molecule has 1 amide bonds. The first-order valence-corrected chi connectivity index (χ1v) is 9.10. The second kappa shape index (κ2) is 6.77. The Labute approximate surface area is 156 Å². The van der Waals surface area contributed by atoms with Crippen LogP contribution in [0.1, 0.15) is 10.9 Å². The number of rotatable bonds is 3. The number of benzene rings is 2. The summed E-state index contributed by atoms with van der Waals surface area (Å²) in [5.74, 6) is -0.155. The molecule has 4 nitrogen and oxygen atoms in total. The largest absolute Gasteiger partial charge is 0.573 e. The average Bonchev–Trinajstić information content (AvgIpc) is 3.01. The maximum atomic E-state index is 12.5. The average molecular weight is 390 g/mol. The van der Waals surface area contributed by atoms with Crippen molar-refractivity contribution in [1.82, 2.24) is 4.98 Å². The van der Waals surface area contributed by atoms with E-state index in [1.54, 1.807) is 23.2 Å². The lowest BCUT2D eigenvalue weighted by Crippen LogP contribution is -2.27. The van der Waals surface area contributed by atoms with E-state index in [2.05, 4.69) is 9.72 Å². The van der Waals surface area contributed by atoms with Gasteiger partial charge in [-0.05, 0) is 42.0 Å². The summed E-state index contributed by atoms with van der Waals surface area (Å²) in [7, 11) is 0. The highest BCUT2D eigenvalue weighted by Gasteiger charge is 2.35. The van der Waals surface area contributed by atoms with Gasteiger partial charge in [-0.25, -0.2) is 0 Å². The first-order chi connectivity index (χ1) is 12.9. The smallest absolute Gasteiger partial charge is 0.406 e. The van der Waals surface area contributed by atoms with Crippen molar-refractivity contribution in [2.24, 2.45) is 0 Å². The molecule has 1 saturated heterocycles. The summed E-state index contributed by atoms with van der Waals surface area (Å²) in [6, 6.07) is 14.9. The number of ether oxygens (including phenoxy) is 1. The van der Waals surface area contributed by atoms with Crippen LogP contribution in [-0.4, -0.2) is 23.0 Å². The minimum atomic E-state index is -4.76. The minimum Gasteiger partial charge on any atom is -0.406 e. The molecule has 0 spiro atoms. The maximum absolute atomic E-state index is 12.5. The second-order valence-electron chi connectivity index (χ2n) is 5.93. The number of aromatic nitrogens is 1. The van der Waals surface area contributed by atoms with Crippen molar-refractivity contribution >= 4 is 34.3 Å². The van der Waals surface area contributed by atoms with Crippen LogP contribution in [0.25, 0.3) is 10.9 Å². The van der Waals surface area contributed by atoms with Crippen LogP contribution in [0, 0.1) is 0 Å². The molecular weight excluding hydrogens is 377 g/mol. The van der Waals surface area contributed by atoms with Gasteiger partial charge in [-0.3, -0.25) is 14.7 Å². The number of carbonyl (C=O) groups excluding carboxylic acids is 1. The summed E-state index contributed by atoms with van der Waals surface area (Å²) in [5.41, 5.74) is 2.05. The summed E-state index contributed by atoms with van der Waals surface area (Å²) in [5, 5.41) is 0.455. The van der Waals surface area contributed by atoms with Crippen LogP contribution in [0.15, 0.2) is 60.8 Å². The molecule has 0 radical (unpaired) electrons. The van der Waals surface area contributed by atoms with Crippen molar-refractivity contribution in [2.75, 3.05) is 10.7 Å². The van der Waals surface area contributed by atoms with Gasteiger partial charge in [0.15, 0.2) is 0 Å². The van der Waals surface area contributed by atoms with E-state index in [9.17, 15) is 18.0 Å². The predicted molar refractivity (Wildman–Crippen MR) is 97.6 cm³/mol. The lowest BCUT2D eigenvalue weighted by molar-refractivity contribution is -0.274. The fourth-order valence-corrected chi connectivity index (χ4v) is 4.19. The normalized spacial score (nSPS) is 17.5. The molecule has 0 N–H and O–H groups in total. The molecule has 2 aromatic carbocycles. The second-order valence-corrected chi connectivity index (χ2v) is 7.00. The van der Waals surface area contributed by atoms with Gasteiger partial charge < -0.3 is 4.74 Å². The van der Waals surface area contributed by atoms with Crippen molar-refractivity contribution in [3.05, 3.63) is 66.4 Å². The molecule has 138 valence electrons. The number of fused-ring (bicyclic) bond motifs is 1. The van der Waals surface area contributed by atoms with E-state index in [-0.39, 0.29) is 17.4 Å². The predicted octanol–water partition coefficient (Wildman–Crippen LogP) is 4.91. The number of alkyl halides is 3. The molecule has 2 heterocycles. The quantitative estimate of drug-likeness (QED) is 0.637. The number of amides is 1. The molecule has 3 aromatic rings. The van der Waals surface area contributed by atoms with Gasteiger partial charge in [0, 0.05) is 17.3 Å². The molecule has 1 unspecified atom stereocenters. The molecule has 27 heavy (non-hydrogen) atoms. The number of halogens is 3. The Morgan fingerprint density at radius 1 is 1.11 bits per heavy atom. The zero-order valence-electron chi connectivity index (χ0n) is 13.8. The van der Waals surface area contributed by atoms with Gasteiger partial charge in [0.05, 0.1) is 11.3 Å². The Morgan fingerprint density at radius 2 is 1.96 bits per heavy atom. The third kappa shape index (κ3) is 3.71. The van der Waals surface area contributed by atoms with E-state index in [4.69, 9.17) is 0 Å². The van der Waals surface area contributed by atoms with Gasteiger partial charge in [0.25, 0.3) is 0 Å². The number of hydrogen-bond acceptors (Lipinski definition) is 4. The van der Waals surface area contributed by atoms with Gasteiger partial charge in [0.1, 0.15) is 11.1 Å². The number of nitrogens with zero attached hydrogens (tertiary/aromatic N) is 2. The van der Waals surface area contributed by atoms with E-state index in [1.807, 2.05) is 24.3 Å². The number of pyridine rings is 1. The van der Waals surface area contributed by atoms with Crippen LogP contribution in [0.3, 0.4) is 0 Å². The molecule has 4 rings (SSSR count). The monoisotopic (exact) mass is 390 g/mol. The van der Waals surface area contributed by atoms with Crippen molar-refractivity contribution < 1.29 is 22.7 Å². The van der Waals surface area contributed by atoms with E-state index in [0.29, 0.717) is 11.3 Å². The molecule has 1 atom stereocenters. The molecule has 1 fully saturated rings. The van der Waals surface area contributed by atoms with Crippen molar-refractivity contribution in [1.29, 1.82) is 0 Å². The van der Waals surface area contributed by atoms with Crippen molar-refractivity contribution in [2.45, 2.75) is 11.7 Å². The third-order valence-electron chi connectivity index (χ3n) is 4.11. The minimum absolute atomic E-state index is 0.101. The molecule has 1 aliphatic heterocycles. The molecular formula is C19H13F3N2O2S. The number of carbonyl (C=O) groups is 1. The summed E-state index contributed by atoms with van der Waals surface area (Å²) < 4.78 is 41.5. The molecule has 1 aromatic heterocycles. The zero-order valence-corrected chi connectivity index (χ0v) is 14.6. The van der Waals surface area contributed by atoms with E-state index in [1.165, 1.54) is 30.0 Å². The van der Waals surface area contributed by atoms with Gasteiger partial charge in [-0.1, -0.05) is 18.2 Å². The molecule has 8 heteroatoms. The number of thioether (sulfide) groups is 1. The highest BCUT2D eigenvalue weighted by molar-refractivity contribution is 8.00. The summed E-state index contributed by atoms with van der Waals surface area (Å²) >= 11 is 1.36. The standard InChI is InChI=1S/C19H13F3N2O2S/c20-19(21,22)26-15-5-1-3-13(10-15)18-24(17(25)11-27-18)14-6-7-16-12(9-14)4-2-8-23-16/h1-10,18H,11H2. The van der Waals surface area contributed by atoms with Gasteiger partial charge in [-0.2, -0.15) is 0 Å². The summed E-state index contributed by atoms with van der Waals surface area (Å²) in [6.45, 7) is 0. The van der Waals surface area contributed by atoms with Crippen LogP contribution in [-0.2, 0) is 4.79 Å². The van der Waals surface area contributed by atoms with E-state index >= 15 is 0 Å². The molecule has 0 saturated carbocycles. The van der Waals surface area contributed by atoms with Crippen LogP contribution in [0.4, 0.5) is 18.9 Å². The first-order valence-electron chi connectivity index (χ1n) is 8.05. The summed E-state index contributed by atoms with van der Waals surface area (Å²) in [6.07, 6.45) is -3.07. The van der Waals surface area contributed by atoms with Crippen LogP contribution < -0.4 is 9.64 Å². The zero-order chi connectivity index (χ0) is 19.0. The third-order valence-corrected chi connectivity index (χ3v) is 5.32. The lowest BCUT2D eigenvalue weighted by atomic mass is 10.1. The highest BCUT2D eigenvalue weighted by atomic mass is 32.2. The molecule has 0 aliphatic carbocycles. The Kier molecular flexibility index (Phi) is 4.43. The van der Waals surface area contributed by atoms with Crippen LogP contribution >= 0.6 is 11.8 Å². The van der Waals surface area contributed by atoms with Gasteiger partial charge in [0.2, 0.25) is 5.91 Å².